The summed E-state index contributed by atoms with van der Waals surface area (Å²) in [5.41, 5.74) is 2.45. The van der Waals surface area contributed by atoms with E-state index in [1.165, 1.54) is 11.9 Å². The lowest BCUT2D eigenvalue weighted by Crippen LogP contribution is -2.48. The molecule has 0 aliphatic carbocycles. The summed E-state index contributed by atoms with van der Waals surface area (Å²) in [6, 6.07) is 15.8. The van der Waals surface area contributed by atoms with Gasteiger partial charge in [-0.3, -0.25) is 19.3 Å². The van der Waals surface area contributed by atoms with Gasteiger partial charge in [-0.15, -0.1) is 0 Å². The zero-order valence-corrected chi connectivity index (χ0v) is 14.8. The minimum Gasteiger partial charge on any atom is -0.352 e. The van der Waals surface area contributed by atoms with Gasteiger partial charge in [0.05, 0.1) is 17.9 Å². The molecule has 2 aromatic rings. The zero-order valence-electron chi connectivity index (χ0n) is 14.8. The number of rotatable bonds is 2. The van der Waals surface area contributed by atoms with E-state index < -0.39 is 17.9 Å². The van der Waals surface area contributed by atoms with Crippen LogP contribution in [0.3, 0.4) is 0 Å². The van der Waals surface area contributed by atoms with Crippen LogP contribution in [0.4, 0.5) is 5.69 Å². The molecule has 4 atom stereocenters. The summed E-state index contributed by atoms with van der Waals surface area (Å²) in [7, 11) is 1.51. The van der Waals surface area contributed by atoms with Gasteiger partial charge in [0.15, 0.2) is 5.78 Å². The van der Waals surface area contributed by atoms with E-state index >= 15 is 0 Å². The number of carbonyl (C=O) groups is 3. The highest BCUT2D eigenvalue weighted by atomic mass is 16.2. The maximum atomic E-state index is 13.5. The van der Waals surface area contributed by atoms with Crippen molar-refractivity contribution in [3.8, 4) is 0 Å². The maximum absolute atomic E-state index is 13.5. The Morgan fingerprint density at radius 2 is 1.56 bits per heavy atom. The van der Waals surface area contributed by atoms with Crippen LogP contribution in [-0.4, -0.2) is 41.6 Å². The van der Waals surface area contributed by atoms with Gasteiger partial charge in [-0.2, -0.15) is 0 Å². The molecule has 5 rings (SSSR count). The monoisotopic (exact) mass is 358 g/mol. The number of imide groups is 1. The van der Waals surface area contributed by atoms with Crippen molar-refractivity contribution in [1.82, 2.24) is 4.90 Å². The zero-order chi connectivity index (χ0) is 18.7. The Balaban J connectivity index is 1.69. The summed E-state index contributed by atoms with van der Waals surface area (Å²) in [6.07, 6.45) is 3.95. The summed E-state index contributed by atoms with van der Waals surface area (Å²) in [4.78, 5) is 42.3. The number of ketones is 1. The van der Waals surface area contributed by atoms with Gasteiger partial charge in [-0.1, -0.05) is 60.7 Å². The molecule has 2 aromatic carbocycles. The molecule has 0 N–H and O–H groups in total. The number of benzene rings is 2. The largest absolute Gasteiger partial charge is 0.352 e. The molecule has 0 saturated carbocycles. The van der Waals surface area contributed by atoms with E-state index in [2.05, 4.69) is 0 Å². The molecule has 134 valence electrons. The molecule has 0 unspecified atom stereocenters. The van der Waals surface area contributed by atoms with Gasteiger partial charge in [0.25, 0.3) is 0 Å². The third kappa shape index (κ3) is 2.08. The first-order chi connectivity index (χ1) is 13.1. The number of hydrogen-bond donors (Lipinski definition) is 0. The second kappa shape index (κ2) is 5.64. The molecular weight excluding hydrogens is 340 g/mol. The van der Waals surface area contributed by atoms with E-state index in [0.29, 0.717) is 5.56 Å². The molecule has 2 fully saturated rings. The van der Waals surface area contributed by atoms with E-state index in [0.717, 1.165) is 11.3 Å². The minimum absolute atomic E-state index is 0.116. The Hall–Kier alpha value is -3.21. The van der Waals surface area contributed by atoms with Crippen LogP contribution in [0.1, 0.15) is 15.9 Å². The van der Waals surface area contributed by atoms with Crippen molar-refractivity contribution in [2.75, 3.05) is 11.9 Å². The lowest BCUT2D eigenvalue weighted by atomic mass is 9.86. The highest BCUT2D eigenvalue weighted by Crippen LogP contribution is 2.48. The Morgan fingerprint density at radius 1 is 0.889 bits per heavy atom. The Labute approximate surface area is 156 Å². The first-order valence-electron chi connectivity index (χ1n) is 9.06. The van der Waals surface area contributed by atoms with Crippen LogP contribution in [-0.2, 0) is 9.59 Å². The summed E-state index contributed by atoms with van der Waals surface area (Å²) in [5.74, 6) is -1.76. The molecule has 3 aliphatic heterocycles. The SMILES string of the molecule is CN1C(=O)[C@@H]2[C@H](C1=O)[C@@H](C(=O)c1ccccc1)N1c3ccccc3C=C[C@@H]21. The first kappa shape index (κ1) is 16.0. The van der Waals surface area contributed by atoms with Crippen LogP contribution >= 0.6 is 0 Å². The van der Waals surface area contributed by atoms with Crippen LogP contribution in [0, 0.1) is 11.8 Å². The predicted octanol–water partition coefficient (Wildman–Crippen LogP) is 2.38. The fourth-order valence-electron chi connectivity index (χ4n) is 4.74. The molecular formula is C22H18N2O3. The standard InChI is InChI=1S/C22H18N2O3/c1-23-21(26)17-16-12-11-13-7-5-6-10-15(13)24(16)19(18(17)22(23)27)20(25)14-8-3-2-4-9-14/h2-12,16-19H,1H3/t16-,17-,18-,19-/m0/s1. The molecule has 0 spiro atoms. The van der Waals surface area contributed by atoms with Crippen molar-refractivity contribution in [2.45, 2.75) is 12.1 Å². The van der Waals surface area contributed by atoms with Crippen molar-refractivity contribution in [2.24, 2.45) is 11.8 Å². The van der Waals surface area contributed by atoms with Gasteiger partial charge in [0.2, 0.25) is 11.8 Å². The van der Waals surface area contributed by atoms with Crippen molar-refractivity contribution in [3.05, 3.63) is 71.8 Å². The molecule has 27 heavy (non-hydrogen) atoms. The normalized spacial score (nSPS) is 28.2. The van der Waals surface area contributed by atoms with Crippen LogP contribution < -0.4 is 4.90 Å². The maximum Gasteiger partial charge on any atom is 0.235 e. The molecule has 0 aromatic heterocycles. The van der Waals surface area contributed by atoms with Crippen molar-refractivity contribution < 1.29 is 14.4 Å². The lowest BCUT2D eigenvalue weighted by molar-refractivity contribution is -0.138. The third-order valence-electron chi connectivity index (χ3n) is 5.96. The van der Waals surface area contributed by atoms with E-state index in [9.17, 15) is 14.4 Å². The fraction of sp³-hybridized carbons (Fsp3) is 0.227. The highest BCUT2D eigenvalue weighted by molar-refractivity contribution is 6.13. The summed E-state index contributed by atoms with van der Waals surface area (Å²) >= 11 is 0. The summed E-state index contributed by atoms with van der Waals surface area (Å²) in [5, 5.41) is 0. The van der Waals surface area contributed by atoms with Crippen LogP contribution in [0.2, 0.25) is 0 Å². The lowest BCUT2D eigenvalue weighted by Gasteiger charge is -2.36. The molecule has 5 nitrogen and oxygen atoms in total. The first-order valence-corrected chi connectivity index (χ1v) is 9.06. The van der Waals surface area contributed by atoms with Gasteiger partial charge >= 0.3 is 0 Å². The topological polar surface area (TPSA) is 57.7 Å². The number of anilines is 1. The highest BCUT2D eigenvalue weighted by Gasteiger charge is 2.63. The minimum atomic E-state index is -0.685. The Bertz CT molecular complexity index is 998. The number of hydrogen-bond acceptors (Lipinski definition) is 4. The quantitative estimate of drug-likeness (QED) is 0.611. The summed E-state index contributed by atoms with van der Waals surface area (Å²) < 4.78 is 0. The Morgan fingerprint density at radius 3 is 2.33 bits per heavy atom. The molecule has 0 radical (unpaired) electrons. The number of fused-ring (bicyclic) bond motifs is 5. The fourth-order valence-corrected chi connectivity index (χ4v) is 4.74. The number of Topliss-reactive ketones (excluding diaryl/α,β-unsaturated/α-hetero) is 1. The number of nitrogens with zero attached hydrogens (tertiary/aromatic N) is 2. The molecule has 3 aliphatic rings. The molecule has 0 bridgehead atoms. The van der Waals surface area contributed by atoms with Crippen molar-refractivity contribution in [3.63, 3.8) is 0 Å². The second-order valence-corrected chi connectivity index (χ2v) is 7.28. The molecule has 5 heteroatoms. The number of para-hydroxylation sites is 1. The van der Waals surface area contributed by atoms with E-state index in [-0.39, 0.29) is 23.6 Å². The number of likely N-dealkylation sites (tertiary alicyclic amines) is 1. The third-order valence-corrected chi connectivity index (χ3v) is 5.96. The average molecular weight is 358 g/mol. The number of carbonyl (C=O) groups excluding carboxylic acids is 3. The predicted molar refractivity (Wildman–Crippen MR) is 101 cm³/mol. The molecule has 2 amide bonds. The van der Waals surface area contributed by atoms with E-state index in [1.54, 1.807) is 12.1 Å². The van der Waals surface area contributed by atoms with Gasteiger partial charge in [0.1, 0.15) is 6.04 Å². The summed E-state index contributed by atoms with van der Waals surface area (Å²) in [6.45, 7) is 0. The second-order valence-electron chi connectivity index (χ2n) is 7.28. The average Bonchev–Trinajstić information content (AvgIpc) is 3.17. The van der Waals surface area contributed by atoms with E-state index in [4.69, 9.17) is 0 Å². The van der Waals surface area contributed by atoms with Gasteiger partial charge < -0.3 is 4.90 Å². The van der Waals surface area contributed by atoms with Crippen LogP contribution in [0.25, 0.3) is 6.08 Å². The smallest absolute Gasteiger partial charge is 0.235 e. The number of amides is 2. The van der Waals surface area contributed by atoms with Gasteiger partial charge in [0, 0.05) is 18.3 Å². The molecule has 3 heterocycles. The van der Waals surface area contributed by atoms with Crippen LogP contribution in [0.15, 0.2) is 60.7 Å². The molecule has 2 saturated heterocycles. The van der Waals surface area contributed by atoms with Crippen LogP contribution in [0.5, 0.6) is 0 Å². The van der Waals surface area contributed by atoms with Crippen molar-refractivity contribution in [1.29, 1.82) is 0 Å². The van der Waals surface area contributed by atoms with Gasteiger partial charge in [-0.05, 0) is 11.6 Å². The van der Waals surface area contributed by atoms with Crippen molar-refractivity contribution >= 4 is 29.4 Å². The van der Waals surface area contributed by atoms with E-state index in [1.807, 2.05) is 59.5 Å². The van der Waals surface area contributed by atoms with Gasteiger partial charge in [-0.25, -0.2) is 0 Å². The Kier molecular flexibility index (Phi) is 3.34.